The first-order chi connectivity index (χ1) is 11.5. The van der Waals surface area contributed by atoms with Gasteiger partial charge in [-0.1, -0.05) is 17.8 Å². The van der Waals surface area contributed by atoms with E-state index in [0.717, 1.165) is 27.5 Å². The molecule has 2 aliphatic rings. The first-order valence-corrected chi connectivity index (χ1v) is 9.36. The van der Waals surface area contributed by atoms with Gasteiger partial charge in [0.25, 0.3) is 5.24 Å². The minimum atomic E-state index is -0.194. The molecule has 8 heteroatoms. The molecule has 0 bridgehead atoms. The van der Waals surface area contributed by atoms with Crippen molar-refractivity contribution in [3.8, 4) is 5.75 Å². The molecule has 3 rings (SSSR count). The number of likely N-dealkylation sites (tertiary alicyclic amines) is 1. The molecule has 2 aliphatic heterocycles. The number of aryl methyl sites for hydroxylation is 1. The van der Waals surface area contributed by atoms with Crippen LogP contribution in [0.15, 0.2) is 22.7 Å². The Labute approximate surface area is 152 Å². The zero-order valence-corrected chi connectivity index (χ0v) is 15.6. The number of hydrogen-bond acceptors (Lipinski definition) is 5. The number of thioether (sulfide) groups is 1. The first kappa shape index (κ1) is 17.3. The van der Waals surface area contributed by atoms with Crippen LogP contribution < -0.4 is 4.74 Å². The van der Waals surface area contributed by atoms with E-state index in [-0.39, 0.29) is 28.8 Å². The third kappa shape index (κ3) is 3.44. The summed E-state index contributed by atoms with van der Waals surface area (Å²) in [6.07, 6.45) is 1.04. The van der Waals surface area contributed by atoms with E-state index in [9.17, 15) is 14.4 Å². The van der Waals surface area contributed by atoms with Gasteiger partial charge in [0.05, 0.1) is 23.4 Å². The van der Waals surface area contributed by atoms with Gasteiger partial charge >= 0.3 is 0 Å². The lowest BCUT2D eigenvalue weighted by Gasteiger charge is -2.42. The van der Waals surface area contributed by atoms with Gasteiger partial charge in [-0.15, -0.1) is 0 Å². The van der Waals surface area contributed by atoms with E-state index >= 15 is 0 Å². The smallest absolute Gasteiger partial charge is 0.289 e. The van der Waals surface area contributed by atoms with E-state index in [1.54, 1.807) is 12.0 Å². The van der Waals surface area contributed by atoms with E-state index in [1.165, 1.54) is 4.90 Å². The van der Waals surface area contributed by atoms with Crippen LogP contribution in [0.5, 0.6) is 5.75 Å². The van der Waals surface area contributed by atoms with Crippen molar-refractivity contribution in [3.05, 3.63) is 28.2 Å². The predicted molar refractivity (Wildman–Crippen MR) is 94.1 cm³/mol. The van der Waals surface area contributed by atoms with Gasteiger partial charge in [0.2, 0.25) is 11.8 Å². The fourth-order valence-electron chi connectivity index (χ4n) is 2.81. The van der Waals surface area contributed by atoms with Crippen molar-refractivity contribution in [2.45, 2.75) is 18.9 Å². The second-order valence-corrected chi connectivity index (χ2v) is 7.52. The normalized spacial score (nSPS) is 18.1. The van der Waals surface area contributed by atoms with Crippen molar-refractivity contribution in [2.75, 3.05) is 26.0 Å². The fraction of sp³-hybridized carbons (Fsp3) is 0.438. The van der Waals surface area contributed by atoms with Crippen LogP contribution in [-0.4, -0.2) is 58.8 Å². The lowest BCUT2D eigenvalue weighted by molar-refractivity contribution is -0.142. The van der Waals surface area contributed by atoms with Crippen molar-refractivity contribution >= 4 is 44.7 Å². The van der Waals surface area contributed by atoms with Crippen LogP contribution in [0.2, 0.25) is 0 Å². The van der Waals surface area contributed by atoms with E-state index in [1.807, 2.05) is 18.2 Å². The van der Waals surface area contributed by atoms with Crippen LogP contribution in [0.4, 0.5) is 4.79 Å². The molecule has 0 atom stereocenters. The second kappa shape index (κ2) is 7.14. The molecule has 2 saturated heterocycles. The molecule has 0 aromatic heterocycles. The molecule has 1 aromatic rings. The van der Waals surface area contributed by atoms with Crippen molar-refractivity contribution < 1.29 is 19.1 Å². The van der Waals surface area contributed by atoms with Gasteiger partial charge in [-0.3, -0.25) is 19.3 Å². The highest BCUT2D eigenvalue weighted by Crippen LogP contribution is 2.28. The van der Waals surface area contributed by atoms with Gasteiger partial charge in [-0.2, -0.15) is 0 Å². The number of methoxy groups -OCH3 is 1. The minimum absolute atomic E-state index is 0.0462. The number of nitrogens with zero attached hydrogens (tertiary/aromatic N) is 2. The zero-order chi connectivity index (χ0) is 17.3. The van der Waals surface area contributed by atoms with E-state index in [0.29, 0.717) is 25.9 Å². The average Bonchev–Trinajstić information content (AvgIpc) is 2.84. The van der Waals surface area contributed by atoms with Crippen molar-refractivity contribution in [1.29, 1.82) is 0 Å². The summed E-state index contributed by atoms with van der Waals surface area (Å²) in [6, 6.07) is 5.60. The number of rotatable bonds is 5. The Morgan fingerprint density at radius 1 is 1.38 bits per heavy atom. The first-order valence-electron chi connectivity index (χ1n) is 7.58. The molecule has 1 aromatic carbocycles. The van der Waals surface area contributed by atoms with Crippen LogP contribution >= 0.6 is 27.7 Å². The molecule has 3 amide bonds. The van der Waals surface area contributed by atoms with Gasteiger partial charge in [0.15, 0.2) is 0 Å². The number of amides is 3. The highest BCUT2D eigenvalue weighted by atomic mass is 79.9. The Morgan fingerprint density at radius 2 is 2.12 bits per heavy atom. The van der Waals surface area contributed by atoms with Gasteiger partial charge in [0, 0.05) is 19.5 Å². The summed E-state index contributed by atoms with van der Waals surface area (Å²) in [5, 5.41) is -0.194. The molecule has 6 nitrogen and oxygen atoms in total. The van der Waals surface area contributed by atoms with E-state index in [4.69, 9.17) is 4.74 Å². The van der Waals surface area contributed by atoms with Gasteiger partial charge in [0.1, 0.15) is 5.75 Å². The lowest BCUT2D eigenvalue weighted by Crippen LogP contribution is -2.62. The summed E-state index contributed by atoms with van der Waals surface area (Å²) in [7, 11) is 1.61. The molecule has 0 radical (unpaired) electrons. The number of halogens is 1. The molecule has 128 valence electrons. The SMILES string of the molecule is COc1ccc(CCC(=O)N2CC(N3C(=O)CSC3=O)C2)cc1Br. The molecule has 0 saturated carbocycles. The Bertz CT molecular complexity index is 675. The lowest BCUT2D eigenvalue weighted by atomic mass is 10.0. The molecule has 2 fully saturated rings. The Morgan fingerprint density at radius 3 is 2.71 bits per heavy atom. The summed E-state index contributed by atoms with van der Waals surface area (Å²) in [4.78, 5) is 38.5. The standard InChI is InChI=1S/C16H17BrN2O4S/c1-23-13-4-2-10(6-12(13)17)3-5-14(20)18-7-11(8-18)19-15(21)9-24-16(19)22/h2,4,6,11H,3,5,7-9H2,1H3. The van der Waals surface area contributed by atoms with Crippen molar-refractivity contribution in [1.82, 2.24) is 9.80 Å². The summed E-state index contributed by atoms with van der Waals surface area (Å²) < 4.78 is 6.05. The second-order valence-electron chi connectivity index (χ2n) is 5.74. The molecular formula is C16H17BrN2O4S. The molecule has 0 aliphatic carbocycles. The zero-order valence-electron chi connectivity index (χ0n) is 13.2. The Kier molecular flexibility index (Phi) is 5.15. The Balaban J connectivity index is 1.48. The summed E-state index contributed by atoms with van der Waals surface area (Å²) >= 11 is 4.47. The number of carbonyl (C=O) groups is 3. The van der Waals surface area contributed by atoms with Crippen molar-refractivity contribution in [2.24, 2.45) is 0 Å². The highest BCUT2D eigenvalue weighted by molar-refractivity contribution is 9.10. The largest absolute Gasteiger partial charge is 0.496 e. The maximum Gasteiger partial charge on any atom is 0.289 e. The summed E-state index contributed by atoms with van der Waals surface area (Å²) in [5.41, 5.74) is 1.05. The Hall–Kier alpha value is -1.54. The number of ether oxygens (including phenoxy) is 1. The monoisotopic (exact) mass is 412 g/mol. The molecule has 24 heavy (non-hydrogen) atoms. The van der Waals surface area contributed by atoms with E-state index < -0.39 is 0 Å². The van der Waals surface area contributed by atoms with Crippen LogP contribution in [0, 0.1) is 0 Å². The van der Waals surface area contributed by atoms with Crippen LogP contribution in [0.3, 0.4) is 0 Å². The van der Waals surface area contributed by atoms with Gasteiger partial charge < -0.3 is 9.64 Å². The van der Waals surface area contributed by atoms with Gasteiger partial charge in [-0.05, 0) is 40.0 Å². The minimum Gasteiger partial charge on any atom is -0.496 e. The van der Waals surface area contributed by atoms with Crippen LogP contribution in [0.1, 0.15) is 12.0 Å². The maximum atomic E-state index is 12.2. The number of carbonyl (C=O) groups excluding carboxylic acids is 3. The topological polar surface area (TPSA) is 66.9 Å². The van der Waals surface area contributed by atoms with E-state index in [2.05, 4.69) is 15.9 Å². The fourth-order valence-corrected chi connectivity index (χ4v) is 4.18. The van der Waals surface area contributed by atoms with Crippen LogP contribution in [0.25, 0.3) is 0 Å². The third-order valence-corrected chi connectivity index (χ3v) is 5.66. The average molecular weight is 413 g/mol. The number of imide groups is 1. The molecule has 2 heterocycles. The van der Waals surface area contributed by atoms with Crippen LogP contribution in [-0.2, 0) is 16.0 Å². The molecule has 0 N–H and O–H groups in total. The predicted octanol–water partition coefficient (Wildman–Crippen LogP) is 2.30. The summed E-state index contributed by atoms with van der Waals surface area (Å²) in [5.74, 6) is 0.874. The number of benzene rings is 1. The number of hydrogen-bond donors (Lipinski definition) is 0. The summed E-state index contributed by atoms with van der Waals surface area (Å²) in [6.45, 7) is 0.895. The van der Waals surface area contributed by atoms with Gasteiger partial charge in [-0.25, -0.2) is 0 Å². The molecular weight excluding hydrogens is 396 g/mol. The third-order valence-electron chi connectivity index (χ3n) is 4.21. The maximum absolute atomic E-state index is 12.2. The highest BCUT2D eigenvalue weighted by Gasteiger charge is 2.43. The molecule has 0 unspecified atom stereocenters. The quantitative estimate of drug-likeness (QED) is 0.741. The molecule has 0 spiro atoms. The van der Waals surface area contributed by atoms with Crippen molar-refractivity contribution in [3.63, 3.8) is 0 Å².